The molecule has 188 valence electrons. The molecule has 2 unspecified atom stereocenters. The number of nitrogens with zero attached hydrogens (tertiary/aromatic N) is 7. The molecule has 0 spiro atoms. The predicted molar refractivity (Wildman–Crippen MR) is 132 cm³/mol. The van der Waals surface area contributed by atoms with Crippen LogP contribution in [0.15, 0.2) is 34.6 Å². The van der Waals surface area contributed by atoms with E-state index >= 15 is 0 Å². The average Bonchev–Trinajstić information content (AvgIpc) is 3.23. The quantitative estimate of drug-likeness (QED) is 0.629. The number of aliphatic hydroxyl groups is 1. The highest BCUT2D eigenvalue weighted by Gasteiger charge is 2.46. The number of hydrogen-bond acceptors (Lipinski definition) is 8. The van der Waals surface area contributed by atoms with Gasteiger partial charge in [-0.3, -0.25) is 4.90 Å². The minimum Gasteiger partial charge on any atom is -0.369 e. The summed E-state index contributed by atoms with van der Waals surface area (Å²) in [6.07, 6.45) is 0.638. The van der Waals surface area contributed by atoms with Crippen LogP contribution in [0.3, 0.4) is 0 Å². The first-order valence-electron chi connectivity index (χ1n) is 12.0. The zero-order valence-electron chi connectivity index (χ0n) is 20.6. The van der Waals surface area contributed by atoms with E-state index in [-0.39, 0.29) is 19.1 Å². The Labute approximate surface area is 208 Å². The van der Waals surface area contributed by atoms with Crippen molar-refractivity contribution in [3.8, 4) is 11.8 Å². The Morgan fingerprint density at radius 1 is 1.28 bits per heavy atom. The van der Waals surface area contributed by atoms with E-state index in [1.165, 1.54) is 16.0 Å². The van der Waals surface area contributed by atoms with Crippen molar-refractivity contribution in [2.45, 2.75) is 52.4 Å². The van der Waals surface area contributed by atoms with Crippen LogP contribution in [-0.2, 0) is 6.54 Å². The molecule has 3 aliphatic heterocycles. The number of fused-ring (bicyclic) bond motifs is 2. The van der Waals surface area contributed by atoms with Gasteiger partial charge in [0.1, 0.15) is 18.2 Å². The average molecular weight is 493 g/mol. The summed E-state index contributed by atoms with van der Waals surface area (Å²) in [5.41, 5.74) is 7.63. The van der Waals surface area contributed by atoms with Gasteiger partial charge in [-0.2, -0.15) is 10.0 Å². The molecule has 1 aromatic carbocycles. The number of halogens is 1. The van der Waals surface area contributed by atoms with Gasteiger partial charge in [0.15, 0.2) is 12.0 Å². The number of nitrogens with two attached hydrogens (primary N) is 1. The van der Waals surface area contributed by atoms with E-state index < -0.39 is 18.1 Å². The number of rotatable bonds is 3. The van der Waals surface area contributed by atoms with Crippen LogP contribution in [0.2, 0.25) is 0 Å². The fourth-order valence-electron chi connectivity index (χ4n) is 4.90. The molecule has 1 aromatic heterocycles. The maximum atomic E-state index is 14.3. The monoisotopic (exact) mass is 492 g/mol. The number of carbonyl (C=O) groups is 1. The van der Waals surface area contributed by atoms with Gasteiger partial charge in [0.2, 0.25) is 5.96 Å². The highest BCUT2D eigenvalue weighted by molar-refractivity contribution is 5.90. The maximum Gasteiger partial charge on any atom is 0.347 e. The Kier molecular flexibility index (Phi) is 6.24. The lowest BCUT2D eigenvalue weighted by Gasteiger charge is -2.41. The predicted octanol–water partition coefficient (Wildman–Crippen LogP) is 1.90. The van der Waals surface area contributed by atoms with Gasteiger partial charge in [0.25, 0.3) is 0 Å². The van der Waals surface area contributed by atoms with Crippen LogP contribution in [0.4, 0.5) is 9.18 Å². The molecule has 0 radical (unpaired) electrons. The van der Waals surface area contributed by atoms with Crippen LogP contribution in [0.25, 0.3) is 10.9 Å². The van der Waals surface area contributed by atoms with Crippen LogP contribution in [0, 0.1) is 24.6 Å². The van der Waals surface area contributed by atoms with Gasteiger partial charge < -0.3 is 15.7 Å². The van der Waals surface area contributed by atoms with Crippen LogP contribution in [-0.4, -0.2) is 78.8 Å². The number of carbonyl (C=O) groups excluding carboxylic acids is 1. The third kappa shape index (κ3) is 4.02. The number of hydrazine groups is 1. The number of guanidine groups is 1. The fraction of sp³-hybridized carbons (Fsp3) is 0.440. The lowest BCUT2D eigenvalue weighted by atomic mass is 10.1. The van der Waals surface area contributed by atoms with Gasteiger partial charge in [-0.25, -0.2) is 24.2 Å². The third-order valence-electron chi connectivity index (χ3n) is 6.70. The van der Waals surface area contributed by atoms with Crippen molar-refractivity contribution in [3.63, 3.8) is 0 Å². The first-order chi connectivity index (χ1) is 17.3. The smallest absolute Gasteiger partial charge is 0.347 e. The van der Waals surface area contributed by atoms with Crippen molar-refractivity contribution < 1.29 is 14.3 Å². The molecule has 2 amide bonds. The summed E-state index contributed by atoms with van der Waals surface area (Å²) in [5, 5.41) is 14.6. The Morgan fingerprint density at radius 2 is 2.08 bits per heavy atom. The van der Waals surface area contributed by atoms with E-state index in [9.17, 15) is 14.3 Å². The normalized spacial score (nSPS) is 22.2. The minimum absolute atomic E-state index is 0.0178. The van der Waals surface area contributed by atoms with Gasteiger partial charge in [0, 0.05) is 24.7 Å². The number of aliphatic imine (C=N–C) groups is 1. The maximum absolute atomic E-state index is 14.3. The van der Waals surface area contributed by atoms with Crippen LogP contribution in [0.1, 0.15) is 38.2 Å². The third-order valence-corrected chi connectivity index (χ3v) is 6.70. The number of aliphatic hydroxyl groups excluding tert-OH is 1. The molecule has 1 fully saturated rings. The van der Waals surface area contributed by atoms with E-state index in [4.69, 9.17) is 10.7 Å². The molecule has 2 aromatic rings. The highest BCUT2D eigenvalue weighted by atomic mass is 19.1. The molecule has 1 saturated heterocycles. The molecule has 11 heteroatoms. The van der Waals surface area contributed by atoms with E-state index in [1.807, 2.05) is 0 Å². The number of amides is 2. The summed E-state index contributed by atoms with van der Waals surface area (Å²) in [6.45, 7) is 6.75. The molecular formula is C25H29FN8O2. The largest absolute Gasteiger partial charge is 0.369 e. The summed E-state index contributed by atoms with van der Waals surface area (Å²) < 4.78 is 14.3. The van der Waals surface area contributed by atoms with Crippen molar-refractivity contribution in [1.82, 2.24) is 29.8 Å². The van der Waals surface area contributed by atoms with Gasteiger partial charge in [-0.15, -0.1) is 5.92 Å². The summed E-state index contributed by atoms with van der Waals surface area (Å²) in [7, 11) is 0. The van der Waals surface area contributed by atoms with E-state index in [2.05, 4.69) is 26.7 Å². The van der Waals surface area contributed by atoms with Crippen molar-refractivity contribution in [3.05, 3.63) is 46.9 Å². The number of aromatic nitrogens is 2. The summed E-state index contributed by atoms with van der Waals surface area (Å²) >= 11 is 0. The zero-order chi connectivity index (χ0) is 25.6. The topological polar surface area (TPSA) is 114 Å². The number of likely N-dealkylation sites (tertiary alicyclic amines) is 1. The van der Waals surface area contributed by atoms with Crippen LogP contribution < -0.4 is 5.73 Å². The molecule has 0 saturated carbocycles. The molecule has 3 N–H and O–H groups in total. The van der Waals surface area contributed by atoms with Crippen molar-refractivity contribution in [1.29, 1.82) is 0 Å². The summed E-state index contributed by atoms with van der Waals surface area (Å²) in [5.74, 6) is 6.78. The first kappa shape index (κ1) is 24.0. The van der Waals surface area contributed by atoms with Gasteiger partial charge in [-0.1, -0.05) is 12.0 Å². The van der Waals surface area contributed by atoms with Crippen LogP contribution in [0.5, 0.6) is 0 Å². The Morgan fingerprint density at radius 3 is 2.83 bits per heavy atom. The molecule has 5 rings (SSSR count). The lowest BCUT2D eigenvalue weighted by molar-refractivity contribution is -0.000951. The minimum atomic E-state index is -1.22. The molecule has 10 nitrogen and oxygen atoms in total. The number of hydrogen-bond donors (Lipinski definition) is 2. The molecular weight excluding hydrogens is 463 g/mol. The molecule has 0 bridgehead atoms. The zero-order valence-corrected chi connectivity index (χ0v) is 20.6. The molecule has 0 aliphatic carbocycles. The van der Waals surface area contributed by atoms with E-state index in [1.54, 1.807) is 37.9 Å². The number of urea groups is 1. The van der Waals surface area contributed by atoms with Crippen molar-refractivity contribution in [2.24, 2.45) is 10.7 Å². The fourth-order valence-corrected chi connectivity index (χ4v) is 4.90. The first-order valence-corrected chi connectivity index (χ1v) is 12.0. The Hall–Kier alpha value is -3.75. The lowest BCUT2D eigenvalue weighted by Crippen LogP contribution is -2.59. The van der Waals surface area contributed by atoms with Crippen molar-refractivity contribution >= 4 is 22.9 Å². The second-order valence-electron chi connectivity index (χ2n) is 9.21. The van der Waals surface area contributed by atoms with E-state index in [0.29, 0.717) is 46.3 Å². The SMILES string of the molecule is CC#CCN1C(N2CCCC(N)C2)=NC2=C(C)C(O)N(Cc3nc(C)c4c(F)cccc4n3)C(=O)N21. The number of piperidine rings is 1. The van der Waals surface area contributed by atoms with Crippen LogP contribution >= 0.6 is 0 Å². The van der Waals surface area contributed by atoms with E-state index in [0.717, 1.165) is 19.4 Å². The Bertz CT molecular complexity index is 1350. The van der Waals surface area contributed by atoms with Gasteiger partial charge >= 0.3 is 6.03 Å². The summed E-state index contributed by atoms with van der Waals surface area (Å²) in [4.78, 5) is 30.8. The molecule has 3 aliphatic rings. The number of aryl methyl sites for hydroxylation is 1. The Balaban J connectivity index is 1.49. The molecule has 36 heavy (non-hydrogen) atoms. The highest BCUT2D eigenvalue weighted by Crippen LogP contribution is 2.34. The molecule has 2 atom stereocenters. The van der Waals surface area contributed by atoms with Gasteiger partial charge in [-0.05, 0) is 45.7 Å². The summed E-state index contributed by atoms with van der Waals surface area (Å²) in [6, 6.07) is 4.19. The molecule has 4 heterocycles. The second-order valence-corrected chi connectivity index (χ2v) is 9.21. The second kappa shape index (κ2) is 9.37. The van der Waals surface area contributed by atoms with Crippen molar-refractivity contribution in [2.75, 3.05) is 19.6 Å². The van der Waals surface area contributed by atoms with Gasteiger partial charge in [0.05, 0.1) is 23.1 Å². The standard InChI is InChI=1S/C25H29FN8O2/c1-4-5-12-33-24(31-11-7-8-17(27)13-31)30-22-15(2)23(35)32(25(36)34(22)33)14-20-28-16(3)21-18(26)9-6-10-19(21)29-20/h6,9-10,17,23,35H,7-8,11-14,27H2,1-3H3. The number of benzene rings is 1.